The zero-order chi connectivity index (χ0) is 14.5. The number of hydrogen-bond acceptors (Lipinski definition) is 3. The number of ether oxygens (including phenoxy) is 1. The lowest BCUT2D eigenvalue weighted by molar-refractivity contribution is 0.341. The fourth-order valence-electron chi connectivity index (χ4n) is 1.91. The number of phenols is 1. The molecule has 2 aromatic rings. The molecule has 20 heavy (non-hydrogen) atoms. The van der Waals surface area contributed by atoms with Crippen LogP contribution in [0.2, 0.25) is 5.02 Å². The third-order valence-electron chi connectivity index (χ3n) is 2.93. The van der Waals surface area contributed by atoms with Crippen LogP contribution >= 0.6 is 11.6 Å². The van der Waals surface area contributed by atoms with Gasteiger partial charge in [-0.25, -0.2) is 0 Å². The first-order valence-corrected chi connectivity index (χ1v) is 6.92. The maximum absolute atomic E-state index is 9.40. The Hall–Kier alpha value is -1.87. The first-order valence-electron chi connectivity index (χ1n) is 6.55. The van der Waals surface area contributed by atoms with Gasteiger partial charge in [0.05, 0.1) is 17.3 Å². The fourth-order valence-corrected chi connectivity index (χ4v) is 2.11. The summed E-state index contributed by atoms with van der Waals surface area (Å²) in [5.74, 6) is 0.943. The van der Waals surface area contributed by atoms with Crippen LogP contribution in [0.3, 0.4) is 0 Å². The van der Waals surface area contributed by atoms with E-state index < -0.39 is 0 Å². The molecular weight excluding hydrogens is 274 g/mol. The zero-order valence-corrected chi connectivity index (χ0v) is 12.4. The lowest BCUT2D eigenvalue weighted by Gasteiger charge is -2.13. The van der Waals surface area contributed by atoms with E-state index in [1.165, 1.54) is 0 Å². The minimum Gasteiger partial charge on any atom is -0.506 e. The van der Waals surface area contributed by atoms with Crippen LogP contribution in [0.5, 0.6) is 11.5 Å². The summed E-state index contributed by atoms with van der Waals surface area (Å²) in [7, 11) is 0. The van der Waals surface area contributed by atoms with Gasteiger partial charge in [-0.1, -0.05) is 23.7 Å². The number of nitrogens with one attached hydrogen (secondary N) is 1. The van der Waals surface area contributed by atoms with Gasteiger partial charge >= 0.3 is 0 Å². The third-order valence-corrected chi connectivity index (χ3v) is 3.23. The largest absolute Gasteiger partial charge is 0.506 e. The van der Waals surface area contributed by atoms with E-state index in [0.717, 1.165) is 22.6 Å². The molecule has 0 aliphatic heterocycles. The van der Waals surface area contributed by atoms with Gasteiger partial charge < -0.3 is 15.2 Å². The standard InChI is InChI=1S/C16H18ClNO2/c1-3-20-16-8-11(2)4-6-14(16)18-10-12-5-7-15(19)13(17)9-12/h4-9,18-19H,3,10H2,1-2H3. The molecule has 0 atom stereocenters. The Bertz CT molecular complexity index is 599. The zero-order valence-electron chi connectivity index (χ0n) is 11.6. The van der Waals surface area contributed by atoms with Crippen molar-refractivity contribution in [2.45, 2.75) is 20.4 Å². The number of anilines is 1. The van der Waals surface area contributed by atoms with Crippen LogP contribution in [-0.4, -0.2) is 11.7 Å². The molecule has 0 bridgehead atoms. The molecule has 0 amide bonds. The topological polar surface area (TPSA) is 41.5 Å². The first-order chi connectivity index (χ1) is 9.60. The summed E-state index contributed by atoms with van der Waals surface area (Å²) in [6, 6.07) is 11.2. The molecule has 106 valence electrons. The van der Waals surface area contributed by atoms with E-state index in [-0.39, 0.29) is 5.75 Å². The molecule has 0 aliphatic rings. The average molecular weight is 292 g/mol. The van der Waals surface area contributed by atoms with E-state index >= 15 is 0 Å². The highest BCUT2D eigenvalue weighted by atomic mass is 35.5. The molecule has 4 heteroatoms. The van der Waals surface area contributed by atoms with Gasteiger partial charge in [0.1, 0.15) is 11.5 Å². The number of rotatable bonds is 5. The summed E-state index contributed by atoms with van der Waals surface area (Å²) in [5, 5.41) is 13.1. The highest BCUT2D eigenvalue weighted by Crippen LogP contribution is 2.28. The molecule has 2 aromatic carbocycles. The van der Waals surface area contributed by atoms with Gasteiger partial charge in [-0.05, 0) is 49.2 Å². The Morgan fingerprint density at radius 2 is 2.00 bits per heavy atom. The Morgan fingerprint density at radius 3 is 2.70 bits per heavy atom. The monoisotopic (exact) mass is 291 g/mol. The van der Waals surface area contributed by atoms with E-state index in [0.29, 0.717) is 18.2 Å². The van der Waals surface area contributed by atoms with Crippen molar-refractivity contribution >= 4 is 17.3 Å². The first kappa shape index (κ1) is 14.5. The number of phenolic OH excluding ortho intramolecular Hbond substituents is 1. The second-order valence-corrected chi connectivity index (χ2v) is 4.98. The second kappa shape index (κ2) is 6.53. The summed E-state index contributed by atoms with van der Waals surface area (Å²) < 4.78 is 5.62. The highest BCUT2D eigenvalue weighted by Gasteiger charge is 2.05. The molecule has 0 aliphatic carbocycles. The van der Waals surface area contributed by atoms with Crippen molar-refractivity contribution in [2.75, 3.05) is 11.9 Å². The smallest absolute Gasteiger partial charge is 0.142 e. The minimum atomic E-state index is 0.0979. The van der Waals surface area contributed by atoms with Gasteiger partial charge in [0.15, 0.2) is 0 Å². The predicted molar refractivity (Wildman–Crippen MR) is 82.8 cm³/mol. The highest BCUT2D eigenvalue weighted by molar-refractivity contribution is 6.32. The lowest BCUT2D eigenvalue weighted by atomic mass is 10.2. The van der Waals surface area contributed by atoms with Crippen molar-refractivity contribution in [1.29, 1.82) is 0 Å². The minimum absolute atomic E-state index is 0.0979. The average Bonchev–Trinajstić information content (AvgIpc) is 2.42. The van der Waals surface area contributed by atoms with Crippen LogP contribution in [-0.2, 0) is 6.54 Å². The van der Waals surface area contributed by atoms with Crippen LogP contribution in [0.1, 0.15) is 18.1 Å². The van der Waals surface area contributed by atoms with E-state index in [1.807, 2.05) is 38.1 Å². The van der Waals surface area contributed by atoms with Crippen molar-refractivity contribution in [3.8, 4) is 11.5 Å². The molecule has 2 N–H and O–H groups in total. The summed E-state index contributed by atoms with van der Waals surface area (Å²) in [6.07, 6.45) is 0. The van der Waals surface area contributed by atoms with E-state index in [2.05, 4.69) is 5.32 Å². The molecule has 0 fully saturated rings. The Kier molecular flexibility index (Phi) is 4.74. The number of aryl methyl sites for hydroxylation is 1. The molecule has 0 saturated carbocycles. The molecule has 0 spiro atoms. The van der Waals surface area contributed by atoms with Gasteiger partial charge in [-0.15, -0.1) is 0 Å². The van der Waals surface area contributed by atoms with Crippen molar-refractivity contribution in [3.05, 3.63) is 52.5 Å². The molecule has 2 rings (SSSR count). The second-order valence-electron chi connectivity index (χ2n) is 4.57. The quantitative estimate of drug-likeness (QED) is 0.860. The Morgan fingerprint density at radius 1 is 1.20 bits per heavy atom. The van der Waals surface area contributed by atoms with Crippen LogP contribution in [0.4, 0.5) is 5.69 Å². The van der Waals surface area contributed by atoms with E-state index in [1.54, 1.807) is 12.1 Å². The van der Waals surface area contributed by atoms with E-state index in [4.69, 9.17) is 16.3 Å². The number of benzene rings is 2. The molecule has 0 aromatic heterocycles. The summed E-state index contributed by atoms with van der Waals surface area (Å²) >= 11 is 5.89. The Balaban J connectivity index is 2.11. The van der Waals surface area contributed by atoms with Crippen molar-refractivity contribution in [1.82, 2.24) is 0 Å². The molecule has 0 saturated heterocycles. The number of halogens is 1. The van der Waals surface area contributed by atoms with Crippen LogP contribution in [0.25, 0.3) is 0 Å². The van der Waals surface area contributed by atoms with Crippen molar-refractivity contribution < 1.29 is 9.84 Å². The molecule has 0 heterocycles. The van der Waals surface area contributed by atoms with Gasteiger partial charge in [0.2, 0.25) is 0 Å². The van der Waals surface area contributed by atoms with Crippen LogP contribution in [0.15, 0.2) is 36.4 Å². The normalized spacial score (nSPS) is 10.3. The number of hydrogen-bond donors (Lipinski definition) is 2. The summed E-state index contributed by atoms with van der Waals surface area (Å²) in [6.45, 7) is 5.24. The molecule has 3 nitrogen and oxygen atoms in total. The van der Waals surface area contributed by atoms with Crippen LogP contribution < -0.4 is 10.1 Å². The fraction of sp³-hybridized carbons (Fsp3) is 0.250. The van der Waals surface area contributed by atoms with Crippen LogP contribution in [0, 0.1) is 6.92 Å². The van der Waals surface area contributed by atoms with Crippen molar-refractivity contribution in [3.63, 3.8) is 0 Å². The van der Waals surface area contributed by atoms with Gasteiger partial charge in [-0.2, -0.15) is 0 Å². The SMILES string of the molecule is CCOc1cc(C)ccc1NCc1ccc(O)c(Cl)c1. The number of aromatic hydroxyl groups is 1. The maximum Gasteiger partial charge on any atom is 0.142 e. The van der Waals surface area contributed by atoms with Gasteiger partial charge in [0, 0.05) is 6.54 Å². The molecule has 0 radical (unpaired) electrons. The summed E-state index contributed by atoms with van der Waals surface area (Å²) in [5.41, 5.74) is 3.10. The van der Waals surface area contributed by atoms with Gasteiger partial charge in [-0.3, -0.25) is 0 Å². The summed E-state index contributed by atoms with van der Waals surface area (Å²) in [4.78, 5) is 0. The maximum atomic E-state index is 9.40. The lowest BCUT2D eigenvalue weighted by Crippen LogP contribution is -2.03. The van der Waals surface area contributed by atoms with Crippen molar-refractivity contribution in [2.24, 2.45) is 0 Å². The Labute approximate surface area is 124 Å². The van der Waals surface area contributed by atoms with Gasteiger partial charge in [0.25, 0.3) is 0 Å². The molecule has 0 unspecified atom stereocenters. The molecular formula is C16H18ClNO2. The van der Waals surface area contributed by atoms with E-state index in [9.17, 15) is 5.11 Å². The predicted octanol–water partition coefficient (Wildman–Crippen LogP) is 4.36. The third kappa shape index (κ3) is 3.58.